The fraction of sp³-hybridized carbons (Fsp3) is 0.471. The number of aliphatic hydroxyl groups is 1. The Hall–Kier alpha value is -1.47. The van der Waals surface area contributed by atoms with Gasteiger partial charge in [0.05, 0.1) is 18.3 Å². The second-order valence-corrected chi connectivity index (χ2v) is 7.06. The van der Waals surface area contributed by atoms with Crippen LogP contribution in [0.25, 0.3) is 10.6 Å². The van der Waals surface area contributed by atoms with Gasteiger partial charge in [0.25, 0.3) is 0 Å². The van der Waals surface area contributed by atoms with Crippen molar-refractivity contribution < 1.29 is 9.84 Å². The summed E-state index contributed by atoms with van der Waals surface area (Å²) in [5.74, 6) is 0.837. The van der Waals surface area contributed by atoms with Crippen molar-refractivity contribution in [3.05, 3.63) is 35.3 Å². The largest absolute Gasteiger partial charge is 0.496 e. The van der Waals surface area contributed by atoms with Crippen molar-refractivity contribution in [3.8, 4) is 16.3 Å². The fourth-order valence-corrected chi connectivity index (χ4v) is 3.77. The molecule has 0 aliphatic carbocycles. The number of rotatable bonds is 6. The Morgan fingerprint density at radius 2 is 2.30 bits per heavy atom. The molecule has 1 aliphatic rings. The molecule has 0 radical (unpaired) electrons. The molecule has 1 saturated heterocycles. The van der Waals surface area contributed by atoms with E-state index in [1.165, 1.54) is 0 Å². The Bertz CT molecular complexity index is 638. The molecular weight excluding hydrogens is 310 g/mol. The standard InChI is InChI=1S/C17H23N3O2S/c1-22-15-6-3-2-5-14(15)16-20-10-13(23-16)9-19-12-17(21)7-4-8-18-11-17/h2-3,5-6,10,18-19,21H,4,7-9,11-12H2,1H3/t17-/m0/s1. The van der Waals surface area contributed by atoms with Crippen LogP contribution in [0.4, 0.5) is 0 Å². The number of ether oxygens (including phenoxy) is 1. The summed E-state index contributed by atoms with van der Waals surface area (Å²) in [6.45, 7) is 2.98. The molecule has 0 saturated carbocycles. The van der Waals surface area contributed by atoms with Gasteiger partial charge in [-0.2, -0.15) is 0 Å². The van der Waals surface area contributed by atoms with Crippen molar-refractivity contribution in [2.75, 3.05) is 26.7 Å². The van der Waals surface area contributed by atoms with E-state index in [0.717, 1.165) is 47.1 Å². The second kappa shape index (κ2) is 7.40. The fourth-order valence-electron chi connectivity index (χ4n) is 2.86. The molecule has 0 amide bonds. The van der Waals surface area contributed by atoms with Crippen LogP contribution < -0.4 is 15.4 Å². The van der Waals surface area contributed by atoms with Gasteiger partial charge in [0.1, 0.15) is 10.8 Å². The van der Waals surface area contributed by atoms with Crippen LogP contribution >= 0.6 is 11.3 Å². The number of piperidine rings is 1. The summed E-state index contributed by atoms with van der Waals surface area (Å²) in [7, 11) is 1.67. The highest BCUT2D eigenvalue weighted by molar-refractivity contribution is 7.15. The molecule has 2 heterocycles. The predicted molar refractivity (Wildman–Crippen MR) is 92.9 cm³/mol. The lowest BCUT2D eigenvalue weighted by Gasteiger charge is -2.32. The number of nitrogens with zero attached hydrogens (tertiary/aromatic N) is 1. The van der Waals surface area contributed by atoms with Gasteiger partial charge in [0.2, 0.25) is 0 Å². The average molecular weight is 333 g/mol. The van der Waals surface area contributed by atoms with E-state index in [-0.39, 0.29) is 0 Å². The van der Waals surface area contributed by atoms with Crippen LogP contribution in [0.15, 0.2) is 30.5 Å². The number of β-amino-alcohol motifs (C(OH)–C–C–N with tert-alkyl or cyclic N) is 1. The predicted octanol–water partition coefficient (Wildman–Crippen LogP) is 2.02. The number of para-hydroxylation sites is 1. The van der Waals surface area contributed by atoms with E-state index < -0.39 is 5.60 Å². The molecule has 1 aromatic heterocycles. The maximum atomic E-state index is 10.4. The Morgan fingerprint density at radius 3 is 3.09 bits per heavy atom. The summed E-state index contributed by atoms with van der Waals surface area (Å²) >= 11 is 1.65. The summed E-state index contributed by atoms with van der Waals surface area (Å²) in [6.07, 6.45) is 3.77. The van der Waals surface area contributed by atoms with Crippen molar-refractivity contribution in [1.29, 1.82) is 0 Å². The highest BCUT2D eigenvalue weighted by Crippen LogP contribution is 2.32. The third-order valence-corrected chi connectivity index (χ3v) is 5.12. The van der Waals surface area contributed by atoms with Gasteiger partial charge in [-0.25, -0.2) is 4.98 Å². The number of thiazole rings is 1. The SMILES string of the molecule is COc1ccccc1-c1ncc(CNC[C@]2(O)CCCNC2)s1. The monoisotopic (exact) mass is 333 g/mol. The van der Waals surface area contributed by atoms with Crippen molar-refractivity contribution in [3.63, 3.8) is 0 Å². The molecule has 23 heavy (non-hydrogen) atoms. The maximum absolute atomic E-state index is 10.4. The zero-order valence-corrected chi connectivity index (χ0v) is 14.2. The highest BCUT2D eigenvalue weighted by Gasteiger charge is 2.28. The minimum absolute atomic E-state index is 0.599. The van der Waals surface area contributed by atoms with Crippen LogP contribution in [0.5, 0.6) is 5.75 Å². The summed E-state index contributed by atoms with van der Waals surface area (Å²) < 4.78 is 5.39. The van der Waals surface area contributed by atoms with Gasteiger partial charge < -0.3 is 20.5 Å². The molecule has 124 valence electrons. The Labute approximate surface area is 140 Å². The second-order valence-electron chi connectivity index (χ2n) is 5.94. The Balaban J connectivity index is 1.59. The minimum Gasteiger partial charge on any atom is -0.496 e. The van der Waals surface area contributed by atoms with E-state index in [9.17, 15) is 5.11 Å². The first-order valence-electron chi connectivity index (χ1n) is 7.92. The molecular formula is C17H23N3O2S. The van der Waals surface area contributed by atoms with Crippen LogP contribution in [0, 0.1) is 0 Å². The number of nitrogens with one attached hydrogen (secondary N) is 2. The van der Waals surface area contributed by atoms with E-state index in [2.05, 4.69) is 15.6 Å². The first-order chi connectivity index (χ1) is 11.2. The first kappa shape index (κ1) is 16.4. The van der Waals surface area contributed by atoms with Gasteiger partial charge in [0, 0.05) is 30.7 Å². The lowest BCUT2D eigenvalue weighted by Crippen LogP contribution is -2.51. The summed E-state index contributed by atoms with van der Waals surface area (Å²) in [6, 6.07) is 7.91. The molecule has 1 aromatic carbocycles. The van der Waals surface area contributed by atoms with Crippen molar-refractivity contribution in [2.24, 2.45) is 0 Å². The lowest BCUT2D eigenvalue weighted by molar-refractivity contribution is 0.0169. The first-order valence-corrected chi connectivity index (χ1v) is 8.74. The van der Waals surface area contributed by atoms with Gasteiger partial charge in [-0.3, -0.25) is 0 Å². The van der Waals surface area contributed by atoms with E-state index in [0.29, 0.717) is 13.1 Å². The number of benzene rings is 1. The molecule has 3 rings (SSSR count). The van der Waals surface area contributed by atoms with Crippen LogP contribution in [0.1, 0.15) is 17.7 Å². The van der Waals surface area contributed by atoms with Crippen LogP contribution in [0.3, 0.4) is 0 Å². The quantitative estimate of drug-likeness (QED) is 0.755. The zero-order chi connectivity index (χ0) is 16.1. The van der Waals surface area contributed by atoms with Crippen molar-refractivity contribution in [1.82, 2.24) is 15.6 Å². The van der Waals surface area contributed by atoms with Crippen molar-refractivity contribution >= 4 is 11.3 Å². The molecule has 5 nitrogen and oxygen atoms in total. The molecule has 1 atom stereocenters. The normalized spacial score (nSPS) is 21.3. The lowest BCUT2D eigenvalue weighted by atomic mass is 9.94. The van der Waals surface area contributed by atoms with Crippen LogP contribution in [-0.4, -0.2) is 42.4 Å². The van der Waals surface area contributed by atoms with E-state index in [1.54, 1.807) is 18.4 Å². The number of methoxy groups -OCH3 is 1. The summed E-state index contributed by atoms with van der Waals surface area (Å²) in [5, 5.41) is 18.0. The van der Waals surface area contributed by atoms with E-state index >= 15 is 0 Å². The smallest absolute Gasteiger partial charge is 0.129 e. The Kier molecular flexibility index (Phi) is 5.27. The number of hydrogen-bond donors (Lipinski definition) is 3. The molecule has 1 aliphatic heterocycles. The third-order valence-electron chi connectivity index (χ3n) is 4.09. The van der Waals surface area contributed by atoms with Crippen LogP contribution in [0.2, 0.25) is 0 Å². The summed E-state index contributed by atoms with van der Waals surface area (Å²) in [5.41, 5.74) is 0.385. The molecule has 2 aromatic rings. The zero-order valence-electron chi connectivity index (χ0n) is 13.3. The van der Waals surface area contributed by atoms with Gasteiger partial charge in [-0.05, 0) is 31.5 Å². The van der Waals surface area contributed by atoms with Gasteiger partial charge in [0.15, 0.2) is 0 Å². The number of aromatic nitrogens is 1. The molecule has 0 spiro atoms. The minimum atomic E-state index is -0.631. The maximum Gasteiger partial charge on any atom is 0.129 e. The van der Waals surface area contributed by atoms with Crippen molar-refractivity contribution in [2.45, 2.75) is 25.0 Å². The molecule has 6 heteroatoms. The van der Waals surface area contributed by atoms with E-state index in [1.807, 2.05) is 30.5 Å². The van der Waals surface area contributed by atoms with Crippen LogP contribution in [-0.2, 0) is 6.54 Å². The topological polar surface area (TPSA) is 66.4 Å². The summed E-state index contributed by atoms with van der Waals surface area (Å²) in [4.78, 5) is 5.65. The molecule has 1 fully saturated rings. The van der Waals surface area contributed by atoms with E-state index in [4.69, 9.17) is 4.74 Å². The molecule has 3 N–H and O–H groups in total. The Morgan fingerprint density at radius 1 is 1.43 bits per heavy atom. The number of hydrogen-bond acceptors (Lipinski definition) is 6. The van der Waals surface area contributed by atoms with Gasteiger partial charge >= 0.3 is 0 Å². The van der Waals surface area contributed by atoms with Gasteiger partial charge in [-0.15, -0.1) is 11.3 Å². The highest BCUT2D eigenvalue weighted by atomic mass is 32.1. The average Bonchev–Trinajstić information content (AvgIpc) is 3.04. The third kappa shape index (κ3) is 4.09. The molecule has 0 unspecified atom stereocenters. The molecule has 0 bridgehead atoms. The van der Waals surface area contributed by atoms with Gasteiger partial charge in [-0.1, -0.05) is 12.1 Å².